The van der Waals surface area contributed by atoms with Gasteiger partial charge in [-0.3, -0.25) is 9.59 Å². The van der Waals surface area contributed by atoms with Crippen molar-refractivity contribution >= 4 is 47.2 Å². The van der Waals surface area contributed by atoms with Crippen molar-refractivity contribution in [3.63, 3.8) is 0 Å². The standard InChI is InChI=1S/C50H52O2S2/c1-5-6-7-8-11-34-18-24-37(25-19-34)38-26-20-35(21-27-38)16-17-36-22-30-40(31-23-36)53-44-14-9-12-42-46(44)48(51)43-13-10-15-45(47(43)49(42)52)54-41-32-28-39(29-33-41)50(2,3)4/h9-10,12-17,20-23,26-34,37H,5-8,11,18-19,24-25H2,1-4H3. The van der Waals surface area contributed by atoms with Crippen molar-refractivity contribution in [2.45, 2.75) is 116 Å². The third kappa shape index (κ3) is 8.88. The molecular weight excluding hydrogens is 697 g/mol. The van der Waals surface area contributed by atoms with Crippen LogP contribution in [0.25, 0.3) is 12.2 Å². The molecule has 276 valence electrons. The first kappa shape index (κ1) is 38.2. The fourth-order valence-electron chi connectivity index (χ4n) is 7.99. The maximum Gasteiger partial charge on any atom is 0.195 e. The van der Waals surface area contributed by atoms with Crippen molar-refractivity contribution < 1.29 is 9.59 Å². The first-order valence-corrected chi connectivity index (χ1v) is 21.5. The highest BCUT2D eigenvalue weighted by molar-refractivity contribution is 7.99. The number of ketones is 2. The van der Waals surface area contributed by atoms with Crippen LogP contribution in [0.3, 0.4) is 0 Å². The molecule has 5 aromatic rings. The molecule has 0 atom stereocenters. The largest absolute Gasteiger partial charge is 0.289 e. The third-order valence-electron chi connectivity index (χ3n) is 11.2. The summed E-state index contributed by atoms with van der Waals surface area (Å²) < 4.78 is 0. The average molecular weight is 749 g/mol. The number of fused-ring (bicyclic) bond motifs is 2. The predicted octanol–water partition coefficient (Wildman–Crippen LogP) is 14.5. The molecule has 0 N–H and O–H groups in total. The minimum atomic E-state index is -0.0933. The molecule has 0 saturated heterocycles. The molecular formula is C50H52O2S2. The van der Waals surface area contributed by atoms with Crippen molar-refractivity contribution in [2.75, 3.05) is 0 Å². The summed E-state index contributed by atoms with van der Waals surface area (Å²) in [5.41, 5.74) is 7.10. The number of rotatable bonds is 12. The molecule has 5 aromatic carbocycles. The molecule has 1 saturated carbocycles. The summed E-state index contributed by atoms with van der Waals surface area (Å²) in [4.78, 5) is 31.8. The summed E-state index contributed by atoms with van der Waals surface area (Å²) in [6, 6.07) is 37.4. The second kappa shape index (κ2) is 17.1. The first-order valence-electron chi connectivity index (χ1n) is 19.9. The van der Waals surface area contributed by atoms with Gasteiger partial charge in [-0.05, 0) is 102 Å². The van der Waals surface area contributed by atoms with E-state index in [0.29, 0.717) is 28.2 Å². The van der Waals surface area contributed by atoms with Crippen LogP contribution in [0.15, 0.2) is 129 Å². The van der Waals surface area contributed by atoms with Crippen LogP contribution in [0.2, 0.25) is 0 Å². The monoisotopic (exact) mass is 748 g/mol. The number of carbonyl (C=O) groups excluding carboxylic acids is 2. The highest BCUT2D eigenvalue weighted by Gasteiger charge is 2.34. The van der Waals surface area contributed by atoms with Gasteiger partial charge in [-0.15, -0.1) is 0 Å². The Bertz CT molecular complexity index is 2110. The van der Waals surface area contributed by atoms with Crippen molar-refractivity contribution in [1.29, 1.82) is 0 Å². The van der Waals surface area contributed by atoms with Crippen molar-refractivity contribution in [2.24, 2.45) is 5.92 Å². The zero-order valence-corrected chi connectivity index (χ0v) is 33.8. The normalized spacial score (nSPS) is 17.1. The quantitative estimate of drug-likeness (QED) is 0.0922. The Morgan fingerprint density at radius 3 is 1.59 bits per heavy atom. The lowest BCUT2D eigenvalue weighted by atomic mass is 9.77. The molecule has 54 heavy (non-hydrogen) atoms. The molecule has 0 aliphatic heterocycles. The Balaban J connectivity index is 0.987. The van der Waals surface area contributed by atoms with Crippen LogP contribution in [-0.2, 0) is 5.41 Å². The second-order valence-corrected chi connectivity index (χ2v) is 18.4. The van der Waals surface area contributed by atoms with E-state index < -0.39 is 0 Å². The molecule has 0 radical (unpaired) electrons. The number of hydrogen-bond donors (Lipinski definition) is 0. The van der Waals surface area contributed by atoms with E-state index in [-0.39, 0.29) is 17.0 Å². The van der Waals surface area contributed by atoms with E-state index >= 15 is 0 Å². The molecule has 0 spiro atoms. The Kier molecular flexibility index (Phi) is 12.1. The van der Waals surface area contributed by atoms with Gasteiger partial charge in [0.25, 0.3) is 0 Å². The minimum Gasteiger partial charge on any atom is -0.289 e. The highest BCUT2D eigenvalue weighted by Crippen LogP contribution is 2.42. The molecule has 0 heterocycles. The summed E-state index contributed by atoms with van der Waals surface area (Å²) in [5.74, 6) is 1.46. The summed E-state index contributed by atoms with van der Waals surface area (Å²) in [6.45, 7) is 8.89. The summed E-state index contributed by atoms with van der Waals surface area (Å²) in [5, 5.41) is 0. The van der Waals surface area contributed by atoms with Crippen LogP contribution in [0.5, 0.6) is 0 Å². The summed E-state index contributed by atoms with van der Waals surface area (Å²) in [7, 11) is 0. The molecule has 0 unspecified atom stereocenters. The molecule has 1 fully saturated rings. The smallest absolute Gasteiger partial charge is 0.195 e. The zero-order valence-electron chi connectivity index (χ0n) is 32.2. The number of unbranched alkanes of at least 4 members (excludes halogenated alkanes) is 3. The first-order chi connectivity index (χ1) is 26.2. The molecule has 2 aliphatic carbocycles. The van der Waals surface area contributed by atoms with Crippen LogP contribution in [0.1, 0.15) is 145 Å². The van der Waals surface area contributed by atoms with Gasteiger partial charge in [0.05, 0.1) is 0 Å². The Morgan fingerprint density at radius 1 is 0.593 bits per heavy atom. The molecule has 4 heteroatoms. The van der Waals surface area contributed by atoms with Gasteiger partial charge in [0, 0.05) is 41.8 Å². The molecule has 7 rings (SSSR count). The number of benzene rings is 5. The van der Waals surface area contributed by atoms with E-state index in [1.807, 2.05) is 24.3 Å². The average Bonchev–Trinajstić information content (AvgIpc) is 3.18. The van der Waals surface area contributed by atoms with Gasteiger partial charge in [-0.2, -0.15) is 0 Å². The van der Waals surface area contributed by atoms with Crippen LogP contribution in [0, 0.1) is 5.92 Å². The molecule has 0 bridgehead atoms. The van der Waals surface area contributed by atoms with Crippen LogP contribution in [0.4, 0.5) is 0 Å². The SMILES string of the molecule is CCCCCCC1CCC(c2ccc(C=Cc3ccc(Sc4cccc5c4C(=O)c4cccc(Sc6ccc(C(C)(C)C)cc6)c4C5=O)cc3)cc2)CC1. The second-order valence-electron chi connectivity index (χ2n) is 16.1. The van der Waals surface area contributed by atoms with Crippen LogP contribution in [-0.4, -0.2) is 11.6 Å². The van der Waals surface area contributed by atoms with Crippen LogP contribution < -0.4 is 0 Å². The predicted molar refractivity (Wildman–Crippen MR) is 228 cm³/mol. The van der Waals surface area contributed by atoms with Gasteiger partial charge in [-0.1, -0.05) is 168 Å². The van der Waals surface area contributed by atoms with Crippen molar-refractivity contribution in [3.05, 3.63) is 154 Å². The van der Waals surface area contributed by atoms with Gasteiger partial charge in [0.15, 0.2) is 11.6 Å². The van der Waals surface area contributed by atoms with E-state index in [0.717, 1.165) is 31.1 Å². The van der Waals surface area contributed by atoms with E-state index in [1.165, 1.54) is 98.0 Å². The molecule has 0 amide bonds. The summed E-state index contributed by atoms with van der Waals surface area (Å²) >= 11 is 3.07. The maximum atomic E-state index is 14.1. The van der Waals surface area contributed by atoms with Gasteiger partial charge >= 0.3 is 0 Å². The van der Waals surface area contributed by atoms with Gasteiger partial charge in [0.1, 0.15) is 0 Å². The Morgan fingerprint density at radius 2 is 1.09 bits per heavy atom. The molecule has 2 aliphatic rings. The lowest BCUT2D eigenvalue weighted by Gasteiger charge is -2.29. The topological polar surface area (TPSA) is 34.1 Å². The van der Waals surface area contributed by atoms with E-state index in [9.17, 15) is 9.59 Å². The lowest BCUT2D eigenvalue weighted by molar-refractivity contribution is 0.0974. The van der Waals surface area contributed by atoms with Gasteiger partial charge in [0.2, 0.25) is 0 Å². The van der Waals surface area contributed by atoms with Crippen molar-refractivity contribution in [1.82, 2.24) is 0 Å². The maximum absolute atomic E-state index is 14.1. The Labute approximate surface area is 331 Å². The fraction of sp³-hybridized carbons (Fsp3) is 0.320. The fourth-order valence-corrected chi connectivity index (χ4v) is 9.94. The number of carbonyl (C=O) groups is 2. The highest BCUT2D eigenvalue weighted by atomic mass is 32.2. The van der Waals surface area contributed by atoms with E-state index in [1.54, 1.807) is 12.1 Å². The zero-order chi connectivity index (χ0) is 37.7. The van der Waals surface area contributed by atoms with Crippen LogP contribution >= 0.6 is 23.5 Å². The third-order valence-corrected chi connectivity index (χ3v) is 13.4. The minimum absolute atomic E-state index is 0.0646. The summed E-state index contributed by atoms with van der Waals surface area (Å²) in [6.07, 6.45) is 16.7. The molecule has 0 aromatic heterocycles. The van der Waals surface area contributed by atoms with E-state index in [2.05, 4.69) is 113 Å². The lowest BCUT2D eigenvalue weighted by Crippen LogP contribution is -2.22. The van der Waals surface area contributed by atoms with Gasteiger partial charge in [-0.25, -0.2) is 0 Å². The number of hydrogen-bond acceptors (Lipinski definition) is 4. The van der Waals surface area contributed by atoms with Crippen molar-refractivity contribution in [3.8, 4) is 0 Å². The molecule has 2 nitrogen and oxygen atoms in total. The van der Waals surface area contributed by atoms with Gasteiger partial charge < -0.3 is 0 Å². The van der Waals surface area contributed by atoms with E-state index in [4.69, 9.17) is 0 Å². The Hall–Kier alpha value is -4.12.